The topological polar surface area (TPSA) is 57.6 Å². The Morgan fingerprint density at radius 2 is 2.20 bits per heavy atom. The first kappa shape index (κ1) is 11.8. The molecule has 1 aliphatic heterocycles. The molecule has 0 aromatic rings. The lowest BCUT2D eigenvalue weighted by atomic mass is 10.0. The van der Waals surface area contributed by atoms with Crippen molar-refractivity contribution in [2.75, 3.05) is 13.1 Å². The molecule has 4 heteroatoms. The molecule has 0 aromatic carbocycles. The molecule has 1 amide bonds. The number of carboxylic acids is 1. The van der Waals surface area contributed by atoms with Crippen LogP contribution < -0.4 is 0 Å². The molecule has 1 atom stereocenters. The molecule has 1 unspecified atom stereocenters. The molecule has 0 saturated carbocycles. The van der Waals surface area contributed by atoms with Gasteiger partial charge in [-0.2, -0.15) is 0 Å². The number of rotatable bonds is 4. The maximum Gasteiger partial charge on any atom is 0.328 e. The molecule has 0 radical (unpaired) electrons. The zero-order valence-electron chi connectivity index (χ0n) is 8.98. The first-order valence-corrected chi connectivity index (χ1v) is 5.33. The second kappa shape index (κ2) is 5.53. The van der Waals surface area contributed by atoms with Crippen LogP contribution in [0.5, 0.6) is 0 Å². The van der Waals surface area contributed by atoms with Crippen LogP contribution in [0, 0.1) is 5.92 Å². The van der Waals surface area contributed by atoms with E-state index in [-0.39, 0.29) is 5.91 Å². The molecule has 0 spiro atoms. The molecule has 15 heavy (non-hydrogen) atoms. The summed E-state index contributed by atoms with van der Waals surface area (Å²) < 4.78 is 0. The van der Waals surface area contributed by atoms with E-state index in [0.29, 0.717) is 5.92 Å². The number of carboxylic acid groups (broad SMARTS) is 1. The maximum atomic E-state index is 11.5. The van der Waals surface area contributed by atoms with Crippen LogP contribution in [0.2, 0.25) is 0 Å². The quantitative estimate of drug-likeness (QED) is 0.712. The number of likely N-dealkylation sites (tertiary alicyclic amines) is 1. The molecule has 1 aliphatic rings. The van der Waals surface area contributed by atoms with Crippen molar-refractivity contribution in [2.45, 2.75) is 26.2 Å². The molecule has 1 N–H and O–H groups in total. The highest BCUT2D eigenvalue weighted by Gasteiger charge is 2.23. The first-order valence-electron chi connectivity index (χ1n) is 5.33. The van der Waals surface area contributed by atoms with Gasteiger partial charge in [0.05, 0.1) is 0 Å². The SMILES string of the molecule is CCCC1CCN(C(=O)/C=C/C(=O)O)C1. The third kappa shape index (κ3) is 3.73. The molecule has 0 aliphatic carbocycles. The Labute approximate surface area is 89.6 Å². The highest BCUT2D eigenvalue weighted by Crippen LogP contribution is 2.20. The number of carbonyl (C=O) groups is 2. The van der Waals surface area contributed by atoms with Gasteiger partial charge in [-0.1, -0.05) is 13.3 Å². The summed E-state index contributed by atoms with van der Waals surface area (Å²) in [6, 6.07) is 0. The Morgan fingerprint density at radius 1 is 1.47 bits per heavy atom. The molecule has 4 nitrogen and oxygen atoms in total. The largest absolute Gasteiger partial charge is 0.478 e. The minimum absolute atomic E-state index is 0.184. The number of nitrogens with zero attached hydrogens (tertiary/aromatic N) is 1. The van der Waals surface area contributed by atoms with Gasteiger partial charge in [0.25, 0.3) is 0 Å². The molecule has 1 fully saturated rings. The summed E-state index contributed by atoms with van der Waals surface area (Å²) in [5.41, 5.74) is 0. The molecule has 84 valence electrons. The van der Waals surface area contributed by atoms with Crippen molar-refractivity contribution in [1.82, 2.24) is 4.90 Å². The Hall–Kier alpha value is -1.32. The second-order valence-electron chi connectivity index (χ2n) is 3.90. The Bertz CT molecular complexity index is 273. The Balaban J connectivity index is 2.39. The third-order valence-corrected chi connectivity index (χ3v) is 2.66. The lowest BCUT2D eigenvalue weighted by molar-refractivity contribution is -0.132. The van der Waals surface area contributed by atoms with Gasteiger partial charge in [0.2, 0.25) is 5.91 Å². The van der Waals surface area contributed by atoms with Gasteiger partial charge in [-0.25, -0.2) is 4.79 Å². The van der Waals surface area contributed by atoms with E-state index < -0.39 is 5.97 Å². The zero-order chi connectivity index (χ0) is 11.3. The lowest BCUT2D eigenvalue weighted by Crippen LogP contribution is -2.27. The number of aliphatic carboxylic acids is 1. The van der Waals surface area contributed by atoms with Crippen molar-refractivity contribution < 1.29 is 14.7 Å². The minimum Gasteiger partial charge on any atom is -0.478 e. The molecule has 1 heterocycles. The summed E-state index contributed by atoms with van der Waals surface area (Å²) in [5.74, 6) is -0.666. The van der Waals surface area contributed by atoms with E-state index in [9.17, 15) is 9.59 Å². The van der Waals surface area contributed by atoms with Gasteiger partial charge < -0.3 is 10.0 Å². The lowest BCUT2D eigenvalue weighted by Gasteiger charge is -2.13. The molecular formula is C11H17NO3. The van der Waals surface area contributed by atoms with Crippen molar-refractivity contribution in [1.29, 1.82) is 0 Å². The fraction of sp³-hybridized carbons (Fsp3) is 0.636. The number of amides is 1. The van der Waals surface area contributed by atoms with Crippen LogP contribution in [0.1, 0.15) is 26.2 Å². The van der Waals surface area contributed by atoms with Gasteiger partial charge in [0.15, 0.2) is 0 Å². The van der Waals surface area contributed by atoms with Gasteiger partial charge in [0.1, 0.15) is 0 Å². The van der Waals surface area contributed by atoms with E-state index in [1.807, 2.05) is 0 Å². The molecular weight excluding hydrogens is 194 g/mol. The third-order valence-electron chi connectivity index (χ3n) is 2.66. The van der Waals surface area contributed by atoms with Gasteiger partial charge in [-0.15, -0.1) is 0 Å². The van der Waals surface area contributed by atoms with Crippen molar-refractivity contribution in [3.05, 3.63) is 12.2 Å². The highest BCUT2D eigenvalue weighted by atomic mass is 16.4. The monoisotopic (exact) mass is 211 g/mol. The average molecular weight is 211 g/mol. The van der Waals surface area contributed by atoms with Crippen molar-refractivity contribution >= 4 is 11.9 Å². The number of hydrogen-bond donors (Lipinski definition) is 1. The van der Waals surface area contributed by atoms with Crippen LogP contribution in [0.25, 0.3) is 0 Å². The van der Waals surface area contributed by atoms with Crippen LogP contribution >= 0.6 is 0 Å². The molecule has 0 bridgehead atoms. The number of hydrogen-bond acceptors (Lipinski definition) is 2. The van der Waals surface area contributed by atoms with E-state index in [1.165, 1.54) is 0 Å². The smallest absolute Gasteiger partial charge is 0.328 e. The van der Waals surface area contributed by atoms with Crippen LogP contribution in [0.3, 0.4) is 0 Å². The molecule has 1 rings (SSSR count). The van der Waals surface area contributed by atoms with E-state index >= 15 is 0 Å². The van der Waals surface area contributed by atoms with Gasteiger partial charge in [0, 0.05) is 25.2 Å². The summed E-state index contributed by atoms with van der Waals surface area (Å²) in [5, 5.41) is 8.38. The fourth-order valence-electron chi connectivity index (χ4n) is 1.92. The predicted molar refractivity (Wildman–Crippen MR) is 56.4 cm³/mol. The summed E-state index contributed by atoms with van der Waals surface area (Å²) in [7, 11) is 0. The summed E-state index contributed by atoms with van der Waals surface area (Å²) in [6.45, 7) is 3.67. The molecule has 0 aromatic heterocycles. The zero-order valence-corrected chi connectivity index (χ0v) is 8.98. The van der Waals surface area contributed by atoms with Crippen molar-refractivity contribution in [3.63, 3.8) is 0 Å². The summed E-state index contributed by atoms with van der Waals surface area (Å²) >= 11 is 0. The van der Waals surface area contributed by atoms with Crippen LogP contribution in [0.15, 0.2) is 12.2 Å². The summed E-state index contributed by atoms with van der Waals surface area (Å²) in [6.07, 6.45) is 5.36. The van der Waals surface area contributed by atoms with Gasteiger partial charge >= 0.3 is 5.97 Å². The fourth-order valence-corrected chi connectivity index (χ4v) is 1.92. The highest BCUT2D eigenvalue weighted by molar-refractivity contribution is 5.94. The number of carbonyl (C=O) groups excluding carboxylic acids is 1. The summed E-state index contributed by atoms with van der Waals surface area (Å²) in [4.78, 5) is 23.4. The van der Waals surface area contributed by atoms with Gasteiger partial charge in [-0.05, 0) is 18.8 Å². The minimum atomic E-state index is -1.08. The van der Waals surface area contributed by atoms with Crippen LogP contribution in [-0.2, 0) is 9.59 Å². The van der Waals surface area contributed by atoms with Crippen molar-refractivity contribution in [3.8, 4) is 0 Å². The average Bonchev–Trinajstić information content (AvgIpc) is 2.63. The van der Waals surface area contributed by atoms with E-state index in [4.69, 9.17) is 5.11 Å². The first-order chi connectivity index (χ1) is 7.13. The van der Waals surface area contributed by atoms with Gasteiger partial charge in [-0.3, -0.25) is 4.79 Å². The van der Waals surface area contributed by atoms with E-state index in [0.717, 1.165) is 44.5 Å². The second-order valence-corrected chi connectivity index (χ2v) is 3.90. The molecule has 1 saturated heterocycles. The van der Waals surface area contributed by atoms with E-state index in [1.54, 1.807) is 4.90 Å². The Morgan fingerprint density at radius 3 is 2.80 bits per heavy atom. The van der Waals surface area contributed by atoms with Crippen LogP contribution in [0.4, 0.5) is 0 Å². The van der Waals surface area contributed by atoms with Crippen molar-refractivity contribution in [2.24, 2.45) is 5.92 Å². The maximum absolute atomic E-state index is 11.5. The van der Waals surface area contributed by atoms with E-state index in [2.05, 4.69) is 6.92 Å². The standard InChI is InChI=1S/C11H17NO3/c1-2-3-9-6-7-12(8-9)10(13)4-5-11(14)15/h4-5,9H,2-3,6-8H2,1H3,(H,14,15)/b5-4+. The van der Waals surface area contributed by atoms with Crippen LogP contribution in [-0.4, -0.2) is 35.0 Å². The normalized spacial score (nSPS) is 21.1. The predicted octanol–water partition coefficient (Wildman–Crippen LogP) is 1.28. The Kier molecular flexibility index (Phi) is 4.34.